The number of hydrogen-bond donors (Lipinski definition) is 2. The van der Waals surface area contributed by atoms with Gasteiger partial charge in [-0.15, -0.1) is 0 Å². The second-order valence-electron chi connectivity index (χ2n) is 4.98. The van der Waals surface area contributed by atoms with E-state index in [4.69, 9.17) is 0 Å². The molecule has 1 fully saturated rings. The van der Waals surface area contributed by atoms with Crippen molar-refractivity contribution in [3.8, 4) is 0 Å². The molecule has 0 spiro atoms. The van der Waals surface area contributed by atoms with Gasteiger partial charge in [-0.3, -0.25) is 4.79 Å². The molecule has 3 nitrogen and oxygen atoms in total. The number of nitrogens with one attached hydrogen (secondary N) is 2. The number of rotatable bonds is 3. The Morgan fingerprint density at radius 3 is 3.16 bits per heavy atom. The van der Waals surface area contributed by atoms with Gasteiger partial charge in [-0.05, 0) is 42.2 Å². The van der Waals surface area contributed by atoms with Crippen LogP contribution in [0.3, 0.4) is 0 Å². The molecule has 19 heavy (non-hydrogen) atoms. The van der Waals surface area contributed by atoms with E-state index < -0.39 is 0 Å². The number of fused-ring (bicyclic) bond motifs is 1. The van der Waals surface area contributed by atoms with Crippen molar-refractivity contribution in [3.63, 3.8) is 0 Å². The molecule has 1 atom stereocenters. The van der Waals surface area contributed by atoms with Crippen molar-refractivity contribution in [2.75, 3.05) is 12.3 Å². The molecular formula is C15H18N2OS. The predicted molar refractivity (Wildman–Crippen MR) is 80.7 cm³/mol. The minimum atomic E-state index is 0.0303. The number of carbonyl (C=O) groups excluding carboxylic acids is 1. The fraction of sp³-hybridized carbons (Fsp3) is 0.400. The lowest BCUT2D eigenvalue weighted by molar-refractivity contribution is 0.0953. The molecule has 0 bridgehead atoms. The normalized spacial score (nSPS) is 19.5. The van der Waals surface area contributed by atoms with Crippen molar-refractivity contribution in [3.05, 3.63) is 36.0 Å². The highest BCUT2D eigenvalue weighted by atomic mass is 32.2. The first kappa shape index (κ1) is 12.6. The summed E-state index contributed by atoms with van der Waals surface area (Å²) in [6, 6.07) is 7.80. The highest BCUT2D eigenvalue weighted by Crippen LogP contribution is 2.24. The Balaban J connectivity index is 1.62. The standard InChI is InChI=1S/C15H18N2OS/c18-15(17-10-13-3-1-2-8-19-13)12-5-4-11-6-7-16-14(11)9-12/h4-7,9,13,16H,1-3,8,10H2,(H,17,18). The molecule has 2 aromatic rings. The summed E-state index contributed by atoms with van der Waals surface area (Å²) in [5.41, 5.74) is 1.75. The number of carbonyl (C=O) groups is 1. The van der Waals surface area contributed by atoms with Gasteiger partial charge in [-0.1, -0.05) is 12.5 Å². The molecule has 4 heteroatoms. The molecule has 3 rings (SSSR count). The minimum absolute atomic E-state index is 0.0303. The number of aromatic nitrogens is 1. The van der Waals surface area contributed by atoms with Crippen molar-refractivity contribution in [1.82, 2.24) is 10.3 Å². The molecule has 1 aromatic carbocycles. The van der Waals surface area contributed by atoms with Gasteiger partial charge in [0, 0.05) is 29.1 Å². The lowest BCUT2D eigenvalue weighted by Gasteiger charge is -2.21. The Morgan fingerprint density at radius 2 is 2.32 bits per heavy atom. The zero-order valence-electron chi connectivity index (χ0n) is 10.8. The number of hydrogen-bond acceptors (Lipinski definition) is 2. The molecule has 1 aliphatic rings. The third-order valence-corrected chi connectivity index (χ3v) is 4.98. The lowest BCUT2D eigenvalue weighted by atomic mass is 10.1. The third-order valence-electron chi connectivity index (χ3n) is 3.58. The number of H-pyrrole nitrogens is 1. The van der Waals surface area contributed by atoms with E-state index in [0.29, 0.717) is 5.25 Å². The fourth-order valence-electron chi connectivity index (χ4n) is 2.47. The van der Waals surface area contributed by atoms with Crippen molar-refractivity contribution in [2.45, 2.75) is 24.5 Å². The van der Waals surface area contributed by atoms with E-state index in [0.717, 1.165) is 23.0 Å². The molecule has 1 aromatic heterocycles. The van der Waals surface area contributed by atoms with Gasteiger partial charge in [0.25, 0.3) is 5.91 Å². The molecule has 1 aliphatic heterocycles. The summed E-state index contributed by atoms with van der Waals surface area (Å²) in [6.45, 7) is 0.784. The van der Waals surface area contributed by atoms with Crippen molar-refractivity contribution >= 4 is 28.6 Å². The monoisotopic (exact) mass is 274 g/mol. The molecule has 1 saturated heterocycles. The largest absolute Gasteiger partial charge is 0.361 e. The second-order valence-corrected chi connectivity index (χ2v) is 6.39. The maximum absolute atomic E-state index is 12.1. The van der Waals surface area contributed by atoms with Crippen LogP contribution in [0, 0.1) is 0 Å². The smallest absolute Gasteiger partial charge is 0.251 e. The Morgan fingerprint density at radius 1 is 1.37 bits per heavy atom. The molecule has 0 aliphatic carbocycles. The molecule has 1 unspecified atom stereocenters. The molecule has 2 heterocycles. The number of aromatic amines is 1. The Hall–Kier alpha value is -1.42. The lowest BCUT2D eigenvalue weighted by Crippen LogP contribution is -2.31. The minimum Gasteiger partial charge on any atom is -0.361 e. The van der Waals surface area contributed by atoms with Crippen LogP contribution < -0.4 is 5.32 Å². The van der Waals surface area contributed by atoms with Crippen molar-refractivity contribution < 1.29 is 4.79 Å². The highest BCUT2D eigenvalue weighted by Gasteiger charge is 2.15. The van der Waals surface area contributed by atoms with Gasteiger partial charge >= 0.3 is 0 Å². The van der Waals surface area contributed by atoms with Crippen LogP contribution in [0.2, 0.25) is 0 Å². The van der Waals surface area contributed by atoms with Crippen LogP contribution in [-0.4, -0.2) is 28.4 Å². The highest BCUT2D eigenvalue weighted by molar-refractivity contribution is 7.99. The SMILES string of the molecule is O=C(NCC1CCCCS1)c1ccc2cc[nH]c2c1. The first-order chi connectivity index (χ1) is 9.33. The first-order valence-electron chi connectivity index (χ1n) is 6.80. The van der Waals surface area contributed by atoms with Crippen molar-refractivity contribution in [1.29, 1.82) is 0 Å². The quantitative estimate of drug-likeness (QED) is 0.903. The van der Waals surface area contributed by atoms with Gasteiger partial charge < -0.3 is 10.3 Å². The molecular weight excluding hydrogens is 256 g/mol. The van der Waals surface area contributed by atoms with Crippen LogP contribution in [0.4, 0.5) is 0 Å². The van der Waals surface area contributed by atoms with E-state index in [2.05, 4.69) is 10.3 Å². The Bertz CT molecular complexity index is 572. The average Bonchev–Trinajstić information content (AvgIpc) is 2.93. The second kappa shape index (κ2) is 5.70. The Labute approximate surface area is 117 Å². The van der Waals surface area contributed by atoms with E-state index >= 15 is 0 Å². The zero-order chi connectivity index (χ0) is 13.1. The number of thioether (sulfide) groups is 1. The van der Waals surface area contributed by atoms with E-state index in [1.165, 1.54) is 25.0 Å². The summed E-state index contributed by atoms with van der Waals surface area (Å²) in [5, 5.41) is 4.78. The number of amides is 1. The third kappa shape index (κ3) is 2.95. The van der Waals surface area contributed by atoms with E-state index in [1.807, 2.05) is 42.2 Å². The molecule has 2 N–H and O–H groups in total. The molecule has 100 valence electrons. The summed E-state index contributed by atoms with van der Waals surface area (Å²) in [6.07, 6.45) is 5.73. The predicted octanol–water partition coefficient (Wildman–Crippen LogP) is 3.18. The van der Waals surface area contributed by atoms with Gasteiger partial charge in [-0.2, -0.15) is 11.8 Å². The summed E-state index contributed by atoms with van der Waals surface area (Å²) < 4.78 is 0. The van der Waals surface area contributed by atoms with Crippen LogP contribution >= 0.6 is 11.8 Å². The fourth-order valence-corrected chi connectivity index (χ4v) is 3.70. The summed E-state index contributed by atoms with van der Waals surface area (Å²) in [7, 11) is 0. The molecule has 0 radical (unpaired) electrons. The number of benzene rings is 1. The van der Waals surface area contributed by atoms with E-state index in [-0.39, 0.29) is 5.91 Å². The van der Waals surface area contributed by atoms with Crippen molar-refractivity contribution in [2.24, 2.45) is 0 Å². The van der Waals surface area contributed by atoms with Crippen LogP contribution in [0.5, 0.6) is 0 Å². The summed E-state index contributed by atoms with van der Waals surface area (Å²) >= 11 is 1.98. The molecule has 0 saturated carbocycles. The average molecular weight is 274 g/mol. The topological polar surface area (TPSA) is 44.9 Å². The van der Waals surface area contributed by atoms with Gasteiger partial charge in [0.1, 0.15) is 0 Å². The van der Waals surface area contributed by atoms with Gasteiger partial charge in [-0.25, -0.2) is 0 Å². The van der Waals surface area contributed by atoms with Gasteiger partial charge in [0.15, 0.2) is 0 Å². The summed E-state index contributed by atoms with van der Waals surface area (Å²) in [5.74, 6) is 1.26. The van der Waals surface area contributed by atoms with Crippen LogP contribution in [0.15, 0.2) is 30.5 Å². The van der Waals surface area contributed by atoms with Crippen LogP contribution in [-0.2, 0) is 0 Å². The van der Waals surface area contributed by atoms with E-state index in [1.54, 1.807) is 0 Å². The van der Waals surface area contributed by atoms with Gasteiger partial charge in [0.05, 0.1) is 0 Å². The van der Waals surface area contributed by atoms with Crippen LogP contribution in [0.25, 0.3) is 10.9 Å². The van der Waals surface area contributed by atoms with E-state index in [9.17, 15) is 4.79 Å². The maximum atomic E-state index is 12.1. The maximum Gasteiger partial charge on any atom is 0.251 e. The first-order valence-corrected chi connectivity index (χ1v) is 7.85. The summed E-state index contributed by atoms with van der Waals surface area (Å²) in [4.78, 5) is 15.3. The molecule has 1 amide bonds. The Kier molecular flexibility index (Phi) is 3.78. The van der Waals surface area contributed by atoms with Crippen LogP contribution in [0.1, 0.15) is 29.6 Å². The zero-order valence-corrected chi connectivity index (χ0v) is 11.6. The van der Waals surface area contributed by atoms with Gasteiger partial charge in [0.2, 0.25) is 0 Å².